The number of rotatable bonds is 4. The number of carbonyl (C=O) groups is 1. The van der Waals surface area contributed by atoms with E-state index in [9.17, 15) is 4.79 Å². The maximum atomic E-state index is 12.7. The molecule has 2 heterocycles. The molecule has 0 atom stereocenters. The summed E-state index contributed by atoms with van der Waals surface area (Å²) in [6.45, 7) is 6.97. The summed E-state index contributed by atoms with van der Waals surface area (Å²) in [4.78, 5) is 14.7. The second-order valence-electron chi connectivity index (χ2n) is 6.82. The molecule has 0 spiro atoms. The molecule has 1 aliphatic heterocycles. The summed E-state index contributed by atoms with van der Waals surface area (Å²) in [5.74, 6) is 0.932. The fourth-order valence-corrected chi connectivity index (χ4v) is 3.56. The largest absolute Gasteiger partial charge is 0.354 e. The Morgan fingerprint density at radius 2 is 1.65 bits per heavy atom. The zero-order chi connectivity index (χ0) is 16.2. The van der Waals surface area contributed by atoms with Crippen molar-refractivity contribution in [3.8, 4) is 0 Å². The average molecular weight is 310 g/mol. The molecule has 0 radical (unpaired) electrons. The Balaban J connectivity index is 1.52. The van der Waals surface area contributed by atoms with E-state index in [0.29, 0.717) is 0 Å². The van der Waals surface area contributed by atoms with E-state index in [-0.39, 0.29) is 5.91 Å². The van der Waals surface area contributed by atoms with Gasteiger partial charge in [-0.25, -0.2) is 0 Å². The summed E-state index contributed by atoms with van der Waals surface area (Å²) in [5.41, 5.74) is 3.17. The number of hydrogen-bond acceptors (Lipinski definition) is 1. The smallest absolute Gasteiger partial charge is 0.253 e. The van der Waals surface area contributed by atoms with E-state index in [2.05, 4.69) is 49.0 Å². The summed E-state index contributed by atoms with van der Waals surface area (Å²) in [5, 5.41) is 0. The van der Waals surface area contributed by atoms with E-state index in [4.69, 9.17) is 0 Å². The highest BCUT2D eigenvalue weighted by molar-refractivity contribution is 5.94. The molecule has 0 unspecified atom stereocenters. The monoisotopic (exact) mass is 310 g/mol. The minimum Gasteiger partial charge on any atom is -0.354 e. The van der Waals surface area contributed by atoms with Crippen LogP contribution in [-0.4, -0.2) is 28.5 Å². The molecule has 122 valence electrons. The van der Waals surface area contributed by atoms with Gasteiger partial charge in [0.2, 0.25) is 0 Å². The Hall–Kier alpha value is -2.03. The standard InChI is InChI=1S/C20H26N2O/c1-16-13-17(2)15-19(14-16)20(23)22-11-6-18(7-12-22)5-10-21-8-3-4-9-21/h3-4,8-9,13-15,18H,5-7,10-12H2,1-2H3. The summed E-state index contributed by atoms with van der Waals surface area (Å²) in [6.07, 6.45) is 7.70. The Labute approximate surface area is 138 Å². The van der Waals surface area contributed by atoms with Gasteiger partial charge in [-0.15, -0.1) is 0 Å². The van der Waals surface area contributed by atoms with Crippen molar-refractivity contribution in [2.45, 2.75) is 39.7 Å². The van der Waals surface area contributed by atoms with E-state index < -0.39 is 0 Å². The molecule has 1 aromatic carbocycles. The minimum absolute atomic E-state index is 0.195. The first kappa shape index (κ1) is 15.9. The SMILES string of the molecule is Cc1cc(C)cc(C(=O)N2CCC(CCn3cccc3)CC2)c1. The Kier molecular flexibility index (Phi) is 4.85. The van der Waals surface area contributed by atoms with Gasteiger partial charge in [-0.2, -0.15) is 0 Å². The van der Waals surface area contributed by atoms with Crippen molar-refractivity contribution in [2.75, 3.05) is 13.1 Å². The van der Waals surface area contributed by atoms with Gasteiger partial charge in [0.05, 0.1) is 0 Å². The van der Waals surface area contributed by atoms with Crippen molar-refractivity contribution >= 4 is 5.91 Å². The molecule has 1 amide bonds. The first-order chi connectivity index (χ1) is 11.1. The van der Waals surface area contributed by atoms with Crippen LogP contribution in [0, 0.1) is 19.8 Å². The summed E-state index contributed by atoms with van der Waals surface area (Å²) in [6, 6.07) is 10.3. The molecule has 1 aliphatic rings. The molecule has 1 fully saturated rings. The van der Waals surface area contributed by atoms with Gasteiger partial charge in [0.15, 0.2) is 0 Å². The lowest BCUT2D eigenvalue weighted by atomic mass is 9.93. The number of benzene rings is 1. The van der Waals surface area contributed by atoms with Crippen molar-refractivity contribution in [3.05, 3.63) is 59.4 Å². The van der Waals surface area contributed by atoms with Gasteiger partial charge in [0.1, 0.15) is 0 Å². The van der Waals surface area contributed by atoms with Gasteiger partial charge in [-0.3, -0.25) is 4.79 Å². The second-order valence-corrected chi connectivity index (χ2v) is 6.82. The molecule has 1 aromatic heterocycles. The van der Waals surface area contributed by atoms with Gasteiger partial charge in [0.25, 0.3) is 5.91 Å². The van der Waals surface area contributed by atoms with Gasteiger partial charge >= 0.3 is 0 Å². The van der Waals surface area contributed by atoms with Crippen molar-refractivity contribution < 1.29 is 4.79 Å². The van der Waals surface area contributed by atoms with Gasteiger partial charge in [-0.05, 0) is 63.3 Å². The topological polar surface area (TPSA) is 25.2 Å². The number of nitrogens with zero attached hydrogens (tertiary/aromatic N) is 2. The highest BCUT2D eigenvalue weighted by atomic mass is 16.2. The molecule has 23 heavy (non-hydrogen) atoms. The third-order valence-corrected chi connectivity index (χ3v) is 4.83. The predicted molar refractivity (Wildman–Crippen MR) is 93.6 cm³/mol. The van der Waals surface area contributed by atoms with Crippen molar-refractivity contribution in [3.63, 3.8) is 0 Å². The van der Waals surface area contributed by atoms with E-state index in [1.165, 1.54) is 6.42 Å². The lowest BCUT2D eigenvalue weighted by Crippen LogP contribution is -2.38. The predicted octanol–water partition coefficient (Wildman–Crippen LogP) is 4.05. The minimum atomic E-state index is 0.195. The van der Waals surface area contributed by atoms with Gasteiger partial charge in [0, 0.05) is 37.6 Å². The summed E-state index contributed by atoms with van der Waals surface area (Å²) >= 11 is 0. The van der Waals surface area contributed by atoms with Crippen LogP contribution in [-0.2, 0) is 6.54 Å². The van der Waals surface area contributed by atoms with Crippen LogP contribution in [0.15, 0.2) is 42.7 Å². The lowest BCUT2D eigenvalue weighted by Gasteiger charge is -2.32. The molecule has 1 saturated heterocycles. The number of piperidine rings is 1. The van der Waals surface area contributed by atoms with Crippen LogP contribution in [0.3, 0.4) is 0 Å². The first-order valence-electron chi connectivity index (χ1n) is 8.60. The van der Waals surface area contributed by atoms with Crippen LogP contribution in [0.1, 0.15) is 40.7 Å². The molecule has 0 saturated carbocycles. The van der Waals surface area contributed by atoms with Crippen molar-refractivity contribution in [1.29, 1.82) is 0 Å². The Morgan fingerprint density at radius 3 is 2.26 bits per heavy atom. The zero-order valence-electron chi connectivity index (χ0n) is 14.2. The van der Waals surface area contributed by atoms with E-state index >= 15 is 0 Å². The third kappa shape index (κ3) is 4.04. The molecule has 0 bridgehead atoms. The summed E-state index contributed by atoms with van der Waals surface area (Å²) in [7, 11) is 0. The van der Waals surface area contributed by atoms with E-state index in [0.717, 1.165) is 55.1 Å². The molecule has 0 N–H and O–H groups in total. The fraction of sp³-hybridized carbons (Fsp3) is 0.450. The molecule has 3 nitrogen and oxygen atoms in total. The highest BCUT2D eigenvalue weighted by Crippen LogP contribution is 2.23. The second kappa shape index (κ2) is 7.03. The number of hydrogen-bond donors (Lipinski definition) is 0. The normalized spacial score (nSPS) is 15.8. The highest BCUT2D eigenvalue weighted by Gasteiger charge is 2.23. The number of aromatic nitrogens is 1. The maximum Gasteiger partial charge on any atom is 0.253 e. The summed E-state index contributed by atoms with van der Waals surface area (Å²) < 4.78 is 2.24. The van der Waals surface area contributed by atoms with E-state index in [1.807, 2.05) is 17.0 Å². The van der Waals surface area contributed by atoms with Crippen molar-refractivity contribution in [2.24, 2.45) is 5.92 Å². The molecule has 0 aliphatic carbocycles. The third-order valence-electron chi connectivity index (χ3n) is 4.83. The molecular formula is C20H26N2O. The number of amides is 1. The Morgan fingerprint density at radius 1 is 1.04 bits per heavy atom. The van der Waals surface area contributed by atoms with Gasteiger partial charge < -0.3 is 9.47 Å². The molecule has 2 aromatic rings. The van der Waals surface area contributed by atoms with Crippen LogP contribution in [0.5, 0.6) is 0 Å². The quantitative estimate of drug-likeness (QED) is 0.836. The van der Waals surface area contributed by atoms with Crippen LogP contribution in [0.2, 0.25) is 0 Å². The number of likely N-dealkylation sites (tertiary alicyclic amines) is 1. The van der Waals surface area contributed by atoms with Gasteiger partial charge in [-0.1, -0.05) is 17.2 Å². The number of carbonyl (C=O) groups excluding carboxylic acids is 1. The van der Waals surface area contributed by atoms with Crippen LogP contribution in [0.4, 0.5) is 0 Å². The maximum absolute atomic E-state index is 12.7. The lowest BCUT2D eigenvalue weighted by molar-refractivity contribution is 0.0684. The molecule has 3 rings (SSSR count). The van der Waals surface area contributed by atoms with E-state index in [1.54, 1.807) is 0 Å². The zero-order valence-corrected chi connectivity index (χ0v) is 14.2. The first-order valence-corrected chi connectivity index (χ1v) is 8.60. The van der Waals surface area contributed by atoms with Crippen molar-refractivity contribution in [1.82, 2.24) is 9.47 Å². The van der Waals surface area contributed by atoms with Crippen LogP contribution in [0.25, 0.3) is 0 Å². The molecular weight excluding hydrogens is 284 g/mol. The van der Waals surface area contributed by atoms with Crippen LogP contribution >= 0.6 is 0 Å². The fourth-order valence-electron chi connectivity index (χ4n) is 3.56. The average Bonchev–Trinajstić information content (AvgIpc) is 3.05. The molecule has 3 heteroatoms. The van der Waals surface area contributed by atoms with Crippen LogP contribution < -0.4 is 0 Å². The Bertz CT molecular complexity index is 632. The number of aryl methyl sites for hydroxylation is 3.